The number of rotatable bonds is 4. The summed E-state index contributed by atoms with van der Waals surface area (Å²) < 4.78 is 25.8. The summed E-state index contributed by atoms with van der Waals surface area (Å²) in [5.74, 6) is -2.92. The molecule has 0 amide bonds. The van der Waals surface area contributed by atoms with Gasteiger partial charge in [0, 0.05) is 5.75 Å². The number of benzene rings is 1. The lowest BCUT2D eigenvalue weighted by Gasteiger charge is -2.16. The quantitative estimate of drug-likeness (QED) is 0.434. The van der Waals surface area contributed by atoms with E-state index in [1.165, 1.54) is 0 Å². The second-order valence-electron chi connectivity index (χ2n) is 3.28. The molecule has 0 spiro atoms. The molecule has 8 heteroatoms. The van der Waals surface area contributed by atoms with Crippen LogP contribution in [-0.4, -0.2) is 27.0 Å². The average molecular weight is 265 g/mol. The van der Waals surface area contributed by atoms with Crippen LogP contribution in [0.3, 0.4) is 0 Å². The van der Waals surface area contributed by atoms with E-state index in [0.717, 1.165) is 0 Å². The standard InChI is InChI=1S/C9H9F2NO4S/c10-5-1-4(9(14)8(13)3-17)7(12(15)16)2-6(5)11/h1-2,8-9,13-14,17H,3H2. The normalized spacial score (nSPS) is 14.4. The Kier molecular flexibility index (Phi) is 4.38. The molecule has 5 nitrogen and oxygen atoms in total. The SMILES string of the molecule is O=[N+]([O-])c1cc(F)c(F)cc1C(O)C(O)CS. The molecule has 0 radical (unpaired) electrons. The van der Waals surface area contributed by atoms with E-state index in [2.05, 4.69) is 12.6 Å². The van der Waals surface area contributed by atoms with E-state index in [1.807, 2.05) is 0 Å². The number of aliphatic hydroxyl groups excluding tert-OH is 2. The number of hydrogen-bond acceptors (Lipinski definition) is 5. The van der Waals surface area contributed by atoms with Gasteiger partial charge in [-0.3, -0.25) is 10.1 Å². The van der Waals surface area contributed by atoms with Gasteiger partial charge in [0.15, 0.2) is 11.6 Å². The van der Waals surface area contributed by atoms with Crippen molar-refractivity contribution in [1.29, 1.82) is 0 Å². The van der Waals surface area contributed by atoms with Crippen molar-refractivity contribution in [2.75, 3.05) is 5.75 Å². The number of hydrogen-bond donors (Lipinski definition) is 3. The predicted octanol–water partition coefficient (Wildman–Crippen LogP) is 1.20. The van der Waals surface area contributed by atoms with Crippen molar-refractivity contribution in [2.45, 2.75) is 12.2 Å². The van der Waals surface area contributed by atoms with Crippen LogP contribution in [0.25, 0.3) is 0 Å². The molecule has 0 bridgehead atoms. The van der Waals surface area contributed by atoms with Crippen molar-refractivity contribution >= 4 is 18.3 Å². The summed E-state index contributed by atoms with van der Waals surface area (Å²) in [6, 6.07) is 0.851. The van der Waals surface area contributed by atoms with Crippen LogP contribution in [0.5, 0.6) is 0 Å². The van der Waals surface area contributed by atoms with Crippen molar-refractivity contribution in [3.05, 3.63) is 39.4 Å². The minimum atomic E-state index is -1.71. The summed E-state index contributed by atoms with van der Waals surface area (Å²) in [7, 11) is 0. The van der Waals surface area contributed by atoms with E-state index in [4.69, 9.17) is 0 Å². The second kappa shape index (κ2) is 5.39. The van der Waals surface area contributed by atoms with Crippen LogP contribution in [0.2, 0.25) is 0 Å². The zero-order valence-corrected chi connectivity index (χ0v) is 9.27. The molecule has 0 aromatic heterocycles. The molecule has 2 unspecified atom stereocenters. The van der Waals surface area contributed by atoms with Crippen molar-refractivity contribution < 1.29 is 23.9 Å². The lowest BCUT2D eigenvalue weighted by Crippen LogP contribution is -2.21. The van der Waals surface area contributed by atoms with Crippen LogP contribution in [-0.2, 0) is 0 Å². The molecule has 1 rings (SSSR count). The molecule has 0 aliphatic carbocycles. The Morgan fingerprint density at radius 2 is 1.88 bits per heavy atom. The number of nitro benzene ring substituents is 1. The van der Waals surface area contributed by atoms with Gasteiger partial charge in [-0.05, 0) is 6.07 Å². The Labute approximate surface area is 100 Å². The minimum Gasteiger partial charge on any atom is -0.389 e. The first-order valence-electron chi connectivity index (χ1n) is 4.48. The van der Waals surface area contributed by atoms with Gasteiger partial charge in [-0.25, -0.2) is 8.78 Å². The first-order valence-corrected chi connectivity index (χ1v) is 5.12. The fraction of sp³-hybridized carbons (Fsp3) is 0.333. The van der Waals surface area contributed by atoms with Gasteiger partial charge < -0.3 is 10.2 Å². The summed E-state index contributed by atoms with van der Waals surface area (Å²) in [6.45, 7) is 0. The molecule has 94 valence electrons. The average Bonchev–Trinajstić information content (AvgIpc) is 2.29. The topological polar surface area (TPSA) is 83.6 Å². The first-order chi connectivity index (χ1) is 7.88. The van der Waals surface area contributed by atoms with E-state index in [0.29, 0.717) is 12.1 Å². The van der Waals surface area contributed by atoms with E-state index in [9.17, 15) is 29.1 Å². The number of halogens is 2. The van der Waals surface area contributed by atoms with Gasteiger partial charge in [-0.1, -0.05) is 0 Å². The van der Waals surface area contributed by atoms with Crippen molar-refractivity contribution in [3.8, 4) is 0 Å². The van der Waals surface area contributed by atoms with E-state index in [1.54, 1.807) is 0 Å². The lowest BCUT2D eigenvalue weighted by molar-refractivity contribution is -0.386. The molecule has 1 aromatic carbocycles. The fourth-order valence-corrected chi connectivity index (χ4v) is 1.45. The summed E-state index contributed by atoms with van der Waals surface area (Å²) in [5.41, 5.74) is -1.28. The molecule has 0 saturated carbocycles. The summed E-state index contributed by atoms with van der Waals surface area (Å²) >= 11 is 3.69. The van der Waals surface area contributed by atoms with E-state index < -0.39 is 40.0 Å². The van der Waals surface area contributed by atoms with Gasteiger partial charge in [-0.2, -0.15) is 12.6 Å². The van der Waals surface area contributed by atoms with Crippen LogP contribution >= 0.6 is 12.6 Å². The third-order valence-electron chi connectivity index (χ3n) is 2.14. The van der Waals surface area contributed by atoms with E-state index in [-0.39, 0.29) is 5.75 Å². The molecular weight excluding hydrogens is 256 g/mol. The van der Waals surface area contributed by atoms with Crippen molar-refractivity contribution in [2.24, 2.45) is 0 Å². The maximum absolute atomic E-state index is 12.9. The Bertz CT molecular complexity index is 443. The van der Waals surface area contributed by atoms with Gasteiger partial charge >= 0.3 is 0 Å². The van der Waals surface area contributed by atoms with Crippen LogP contribution in [0, 0.1) is 21.7 Å². The summed E-state index contributed by atoms with van der Waals surface area (Å²) in [6.07, 6.45) is -3.12. The molecule has 1 aromatic rings. The smallest absolute Gasteiger partial charge is 0.278 e. The third-order valence-corrected chi connectivity index (χ3v) is 2.51. The maximum Gasteiger partial charge on any atom is 0.278 e. The summed E-state index contributed by atoms with van der Waals surface area (Å²) in [5, 5.41) is 29.4. The van der Waals surface area contributed by atoms with Crippen molar-refractivity contribution in [3.63, 3.8) is 0 Å². The van der Waals surface area contributed by atoms with Crippen LogP contribution in [0.4, 0.5) is 14.5 Å². The highest BCUT2D eigenvalue weighted by molar-refractivity contribution is 7.80. The Hall–Kier alpha value is -1.25. The highest BCUT2D eigenvalue weighted by Gasteiger charge is 2.27. The van der Waals surface area contributed by atoms with Gasteiger partial charge in [0.05, 0.1) is 22.7 Å². The van der Waals surface area contributed by atoms with Gasteiger partial charge in [-0.15, -0.1) is 0 Å². The van der Waals surface area contributed by atoms with Crippen LogP contribution < -0.4 is 0 Å². The zero-order valence-electron chi connectivity index (χ0n) is 8.38. The Balaban J connectivity index is 3.30. The molecule has 0 fully saturated rings. The highest BCUT2D eigenvalue weighted by Crippen LogP contribution is 2.29. The second-order valence-corrected chi connectivity index (χ2v) is 3.64. The van der Waals surface area contributed by atoms with Crippen LogP contribution in [0.1, 0.15) is 11.7 Å². The zero-order chi connectivity index (χ0) is 13.2. The fourth-order valence-electron chi connectivity index (χ4n) is 1.25. The Morgan fingerprint density at radius 3 is 2.35 bits per heavy atom. The van der Waals surface area contributed by atoms with Crippen LogP contribution in [0.15, 0.2) is 12.1 Å². The molecule has 2 N–H and O–H groups in total. The highest BCUT2D eigenvalue weighted by atomic mass is 32.1. The predicted molar refractivity (Wildman–Crippen MR) is 57.8 cm³/mol. The van der Waals surface area contributed by atoms with Gasteiger partial charge in [0.2, 0.25) is 0 Å². The molecule has 17 heavy (non-hydrogen) atoms. The molecule has 0 aliphatic rings. The lowest BCUT2D eigenvalue weighted by atomic mass is 10.0. The number of nitro groups is 1. The first kappa shape index (κ1) is 13.8. The largest absolute Gasteiger partial charge is 0.389 e. The molecule has 0 heterocycles. The minimum absolute atomic E-state index is 0.183. The van der Waals surface area contributed by atoms with Crippen molar-refractivity contribution in [1.82, 2.24) is 0 Å². The number of nitrogens with zero attached hydrogens (tertiary/aromatic N) is 1. The Morgan fingerprint density at radius 1 is 1.35 bits per heavy atom. The maximum atomic E-state index is 12.9. The third kappa shape index (κ3) is 2.90. The van der Waals surface area contributed by atoms with E-state index >= 15 is 0 Å². The number of thiol groups is 1. The molecule has 0 aliphatic heterocycles. The molecule has 2 atom stereocenters. The van der Waals surface area contributed by atoms with Gasteiger partial charge in [0.1, 0.15) is 6.10 Å². The monoisotopic (exact) mass is 265 g/mol. The van der Waals surface area contributed by atoms with Gasteiger partial charge in [0.25, 0.3) is 5.69 Å². The molecule has 0 saturated heterocycles. The number of aliphatic hydroxyl groups is 2. The summed E-state index contributed by atoms with van der Waals surface area (Å²) in [4.78, 5) is 9.64. The molecular formula is C9H9F2NO4S.